The number of alkyl halides is 1. The lowest BCUT2D eigenvalue weighted by molar-refractivity contribution is 0.314. The Hall–Kier alpha value is -3.87. The molecule has 1 N–H and O–H groups in total. The molecule has 0 bridgehead atoms. The molecular formula is C27H26FN3O3. The predicted octanol–water partition coefficient (Wildman–Crippen LogP) is 6.26. The Morgan fingerprint density at radius 3 is 2.76 bits per heavy atom. The number of methoxy groups -OCH3 is 1. The summed E-state index contributed by atoms with van der Waals surface area (Å²) in [4.78, 5) is 9.05. The summed E-state index contributed by atoms with van der Waals surface area (Å²) in [5.74, 6) is 1.95. The van der Waals surface area contributed by atoms with Crippen LogP contribution >= 0.6 is 0 Å². The zero-order valence-corrected chi connectivity index (χ0v) is 19.4. The van der Waals surface area contributed by atoms with Gasteiger partial charge in [-0.2, -0.15) is 0 Å². The Morgan fingerprint density at radius 1 is 1.21 bits per heavy atom. The summed E-state index contributed by atoms with van der Waals surface area (Å²) in [6, 6.07) is 13.6. The molecule has 6 nitrogen and oxygen atoms in total. The van der Waals surface area contributed by atoms with Crippen molar-refractivity contribution in [2.24, 2.45) is 10.9 Å². The van der Waals surface area contributed by atoms with E-state index in [-0.39, 0.29) is 5.92 Å². The highest BCUT2D eigenvalue weighted by Crippen LogP contribution is 2.39. The molecule has 0 amide bonds. The first kappa shape index (κ1) is 21.9. The number of aryl methyl sites for hydroxylation is 1. The Bertz CT molecular complexity index is 1320. The average molecular weight is 460 g/mol. The molecule has 1 aliphatic heterocycles. The first-order chi connectivity index (χ1) is 16.4. The van der Waals surface area contributed by atoms with E-state index in [0.29, 0.717) is 42.0 Å². The first-order valence-corrected chi connectivity index (χ1v) is 11.2. The van der Waals surface area contributed by atoms with E-state index in [1.807, 2.05) is 56.3 Å². The summed E-state index contributed by atoms with van der Waals surface area (Å²) in [7, 11) is 1.61. The van der Waals surface area contributed by atoms with Gasteiger partial charge in [-0.25, -0.2) is 14.4 Å². The second-order valence-corrected chi connectivity index (χ2v) is 8.59. The van der Waals surface area contributed by atoms with Crippen LogP contribution in [0.25, 0.3) is 22.8 Å². The molecule has 1 aliphatic carbocycles. The number of rotatable bonds is 7. The van der Waals surface area contributed by atoms with Crippen molar-refractivity contribution < 1.29 is 18.3 Å². The molecule has 1 saturated carbocycles. The number of para-hydroxylation sites is 1. The van der Waals surface area contributed by atoms with Gasteiger partial charge in [0.25, 0.3) is 0 Å². The Kier molecular flexibility index (Phi) is 5.69. The number of nitrogens with one attached hydrogen (secondary N) is 1. The summed E-state index contributed by atoms with van der Waals surface area (Å²) < 4.78 is 30.6. The van der Waals surface area contributed by atoms with Crippen LogP contribution < -0.4 is 10.1 Å². The van der Waals surface area contributed by atoms with Crippen LogP contribution in [0, 0.1) is 12.8 Å². The molecule has 174 valence electrons. The maximum atomic E-state index is 13.5. The van der Waals surface area contributed by atoms with Crippen LogP contribution in [0.15, 0.2) is 70.2 Å². The summed E-state index contributed by atoms with van der Waals surface area (Å²) in [5, 5.41) is 3.35. The standard InChI is InChI=1S/C27H26FN3O3/c1-15-9-10-18(25-16(2)14-33-27(31-25)20-12-21(20)28)11-22(15)30-17(3)24-13-29-26(34-24)19-7-5-6-8-23(19)32-4/h5-11,13,20-21,30H,3,12,14H2,1-2,4H3/t20-,21-/m0/s1. The number of ether oxygens (including phenoxy) is 2. The van der Waals surface area contributed by atoms with Crippen molar-refractivity contribution in [1.29, 1.82) is 0 Å². The van der Waals surface area contributed by atoms with E-state index in [1.54, 1.807) is 13.3 Å². The van der Waals surface area contributed by atoms with Gasteiger partial charge in [0.2, 0.25) is 5.89 Å². The number of aliphatic imine (C=N–C) groups is 1. The number of hydrogen-bond acceptors (Lipinski definition) is 6. The highest BCUT2D eigenvalue weighted by Gasteiger charge is 2.44. The summed E-state index contributed by atoms with van der Waals surface area (Å²) in [6.45, 7) is 8.56. The van der Waals surface area contributed by atoms with Crippen LogP contribution in [0.4, 0.5) is 10.1 Å². The summed E-state index contributed by atoms with van der Waals surface area (Å²) >= 11 is 0. The van der Waals surface area contributed by atoms with Gasteiger partial charge in [0.05, 0.1) is 36.2 Å². The summed E-state index contributed by atoms with van der Waals surface area (Å²) in [5.41, 5.74) is 6.02. The Balaban J connectivity index is 1.38. The van der Waals surface area contributed by atoms with Crippen molar-refractivity contribution in [2.75, 3.05) is 19.0 Å². The van der Waals surface area contributed by atoms with E-state index in [2.05, 4.69) is 21.9 Å². The Morgan fingerprint density at radius 2 is 2.00 bits per heavy atom. The highest BCUT2D eigenvalue weighted by atomic mass is 19.1. The van der Waals surface area contributed by atoms with Crippen LogP contribution in [0.2, 0.25) is 0 Å². The molecule has 2 aliphatic rings. The minimum atomic E-state index is -0.848. The topological polar surface area (TPSA) is 68.9 Å². The average Bonchev–Trinajstić information content (AvgIpc) is 3.37. The SMILES string of the molecule is C=C(Nc1cc(C2=C(C)COC([C@H]3C[C@@H]3F)=N2)ccc1C)c1cnc(-c2ccccc2OC)o1. The normalized spacial score (nSPS) is 19.4. The molecule has 2 atom stereocenters. The third-order valence-corrected chi connectivity index (χ3v) is 6.03. The van der Waals surface area contributed by atoms with Crippen LogP contribution in [-0.2, 0) is 4.74 Å². The highest BCUT2D eigenvalue weighted by molar-refractivity contribution is 5.91. The second kappa shape index (κ2) is 8.82. The van der Waals surface area contributed by atoms with Crippen molar-refractivity contribution in [1.82, 2.24) is 4.98 Å². The molecule has 1 fully saturated rings. The van der Waals surface area contributed by atoms with Crippen molar-refractivity contribution in [2.45, 2.75) is 26.4 Å². The molecule has 0 radical (unpaired) electrons. The first-order valence-electron chi connectivity index (χ1n) is 11.2. The quantitative estimate of drug-likeness (QED) is 0.452. The van der Waals surface area contributed by atoms with E-state index in [1.165, 1.54) is 0 Å². The Labute approximate surface area is 197 Å². The lowest BCUT2D eigenvalue weighted by Crippen LogP contribution is -2.16. The lowest BCUT2D eigenvalue weighted by Gasteiger charge is -2.19. The van der Waals surface area contributed by atoms with Gasteiger partial charge >= 0.3 is 0 Å². The zero-order chi connectivity index (χ0) is 23.8. The molecule has 1 aromatic heterocycles. The fourth-order valence-electron chi connectivity index (χ4n) is 3.90. The molecule has 0 saturated heterocycles. The number of halogens is 1. The number of anilines is 1. The van der Waals surface area contributed by atoms with E-state index in [0.717, 1.165) is 33.6 Å². The minimum Gasteiger partial charge on any atom is -0.496 e. The molecule has 7 heteroatoms. The van der Waals surface area contributed by atoms with Gasteiger partial charge in [0, 0.05) is 11.3 Å². The van der Waals surface area contributed by atoms with E-state index in [9.17, 15) is 4.39 Å². The zero-order valence-electron chi connectivity index (χ0n) is 19.4. The lowest BCUT2D eigenvalue weighted by atomic mass is 10.0. The summed E-state index contributed by atoms with van der Waals surface area (Å²) in [6.07, 6.45) is 1.28. The van der Waals surface area contributed by atoms with Gasteiger partial charge in [-0.15, -0.1) is 0 Å². The molecular weight excluding hydrogens is 433 g/mol. The molecule has 5 rings (SSSR count). The number of aromatic nitrogens is 1. The van der Waals surface area contributed by atoms with E-state index in [4.69, 9.17) is 13.9 Å². The van der Waals surface area contributed by atoms with Gasteiger partial charge < -0.3 is 19.2 Å². The smallest absolute Gasteiger partial charge is 0.230 e. The number of oxazole rings is 1. The maximum Gasteiger partial charge on any atom is 0.230 e. The largest absolute Gasteiger partial charge is 0.496 e. The van der Waals surface area contributed by atoms with Crippen LogP contribution in [-0.4, -0.2) is 30.8 Å². The number of nitrogens with zero attached hydrogens (tertiary/aromatic N) is 2. The van der Waals surface area contributed by atoms with E-state index >= 15 is 0 Å². The van der Waals surface area contributed by atoms with Crippen LogP contribution in [0.3, 0.4) is 0 Å². The van der Waals surface area contributed by atoms with Crippen LogP contribution in [0.1, 0.15) is 30.2 Å². The fraction of sp³-hybridized carbons (Fsp3) is 0.259. The second-order valence-electron chi connectivity index (χ2n) is 8.59. The van der Waals surface area contributed by atoms with Crippen molar-refractivity contribution in [3.8, 4) is 17.2 Å². The molecule has 34 heavy (non-hydrogen) atoms. The predicted molar refractivity (Wildman–Crippen MR) is 131 cm³/mol. The van der Waals surface area contributed by atoms with Gasteiger partial charge in [-0.1, -0.05) is 30.8 Å². The monoisotopic (exact) mass is 459 g/mol. The van der Waals surface area contributed by atoms with Gasteiger partial charge in [0.1, 0.15) is 18.5 Å². The molecule has 0 spiro atoms. The van der Waals surface area contributed by atoms with E-state index < -0.39 is 6.17 Å². The molecule has 3 aromatic rings. The molecule has 2 aromatic carbocycles. The van der Waals surface area contributed by atoms with Crippen molar-refractivity contribution >= 4 is 23.0 Å². The maximum absolute atomic E-state index is 13.5. The van der Waals surface area contributed by atoms with Crippen LogP contribution in [0.5, 0.6) is 5.75 Å². The van der Waals surface area contributed by atoms with Gasteiger partial charge in [-0.3, -0.25) is 0 Å². The van der Waals surface area contributed by atoms with Crippen molar-refractivity contribution in [3.05, 3.63) is 77.7 Å². The van der Waals surface area contributed by atoms with Gasteiger partial charge in [-0.05, 0) is 49.6 Å². The number of benzene rings is 2. The third-order valence-electron chi connectivity index (χ3n) is 6.03. The minimum absolute atomic E-state index is 0.213. The molecule has 0 unspecified atom stereocenters. The van der Waals surface area contributed by atoms with Gasteiger partial charge in [0.15, 0.2) is 11.7 Å². The molecule has 2 heterocycles. The van der Waals surface area contributed by atoms with Crippen molar-refractivity contribution in [3.63, 3.8) is 0 Å². The fourth-order valence-corrected chi connectivity index (χ4v) is 3.90. The third kappa shape index (κ3) is 4.21. The number of hydrogen-bond donors (Lipinski definition) is 1.